The number of halogens is 1. The average Bonchev–Trinajstić information content (AvgIpc) is 2.49. The van der Waals surface area contributed by atoms with Gasteiger partial charge in [-0.15, -0.1) is 0 Å². The Morgan fingerprint density at radius 3 is 2.40 bits per heavy atom. The zero-order valence-electron chi connectivity index (χ0n) is 11.8. The predicted octanol–water partition coefficient (Wildman–Crippen LogP) is 2.24. The van der Waals surface area contributed by atoms with Gasteiger partial charge < -0.3 is 9.64 Å². The molecule has 2 rings (SSSR count). The van der Waals surface area contributed by atoms with Crippen LogP contribution in [0.3, 0.4) is 0 Å². The number of carbonyl (C=O) groups excluding carboxylic acids is 1. The van der Waals surface area contributed by atoms with Crippen molar-refractivity contribution < 1.29 is 9.53 Å². The maximum Gasteiger partial charge on any atom is 0.253 e. The summed E-state index contributed by atoms with van der Waals surface area (Å²) >= 11 is 3.45. The molecule has 0 aromatic heterocycles. The third-order valence-corrected chi connectivity index (χ3v) is 3.83. The van der Waals surface area contributed by atoms with E-state index < -0.39 is 0 Å². The van der Waals surface area contributed by atoms with E-state index in [4.69, 9.17) is 4.74 Å². The molecule has 1 aliphatic heterocycles. The Balaban J connectivity index is 1.91. The van der Waals surface area contributed by atoms with E-state index in [0.29, 0.717) is 6.61 Å². The molecule has 5 heteroatoms. The summed E-state index contributed by atoms with van der Waals surface area (Å²) in [6.45, 7) is 7.15. The number of piperazine rings is 1. The molecule has 1 heterocycles. The number of alkyl halides is 1. The molecule has 1 aromatic rings. The number of nitrogens with zero attached hydrogens (tertiary/aromatic N) is 2. The number of amides is 1. The Kier molecular flexibility index (Phi) is 5.86. The smallest absolute Gasteiger partial charge is 0.253 e. The van der Waals surface area contributed by atoms with Gasteiger partial charge in [-0.25, -0.2) is 0 Å². The number of ether oxygens (including phenoxy) is 1. The second-order valence-electron chi connectivity index (χ2n) is 4.78. The summed E-state index contributed by atoms with van der Waals surface area (Å²) in [6, 6.07) is 7.41. The Bertz CT molecular complexity index is 428. The van der Waals surface area contributed by atoms with Gasteiger partial charge in [0.1, 0.15) is 5.75 Å². The van der Waals surface area contributed by atoms with Crippen molar-refractivity contribution in [2.75, 3.05) is 44.7 Å². The minimum absolute atomic E-state index is 0.117. The minimum Gasteiger partial charge on any atom is -0.494 e. The first-order valence-electron chi connectivity index (χ1n) is 7.05. The van der Waals surface area contributed by atoms with Crippen LogP contribution in [-0.2, 0) is 0 Å². The number of benzene rings is 1. The second-order valence-corrected chi connectivity index (χ2v) is 5.57. The standard InChI is InChI=1S/C15H21BrN2O2/c1-2-20-14-5-3-13(4-6-14)15(19)18-11-9-17(8-7-16)10-12-18/h3-6H,2,7-12H2,1H3. The lowest BCUT2D eigenvalue weighted by atomic mass is 10.1. The van der Waals surface area contributed by atoms with E-state index in [0.717, 1.165) is 49.4 Å². The molecule has 0 atom stereocenters. The topological polar surface area (TPSA) is 32.8 Å². The summed E-state index contributed by atoms with van der Waals surface area (Å²) in [5.74, 6) is 0.928. The molecule has 0 bridgehead atoms. The van der Waals surface area contributed by atoms with Crippen LogP contribution in [0.15, 0.2) is 24.3 Å². The molecule has 1 aromatic carbocycles. The van der Waals surface area contributed by atoms with Gasteiger partial charge in [-0.3, -0.25) is 9.69 Å². The summed E-state index contributed by atoms with van der Waals surface area (Å²) in [4.78, 5) is 16.7. The van der Waals surface area contributed by atoms with Crippen molar-refractivity contribution >= 4 is 21.8 Å². The number of rotatable bonds is 5. The van der Waals surface area contributed by atoms with Gasteiger partial charge in [-0.2, -0.15) is 0 Å². The summed E-state index contributed by atoms with van der Waals surface area (Å²) in [7, 11) is 0. The van der Waals surface area contributed by atoms with Crippen LogP contribution in [-0.4, -0.2) is 60.4 Å². The number of hydrogen-bond donors (Lipinski definition) is 0. The highest BCUT2D eigenvalue weighted by Gasteiger charge is 2.21. The molecule has 0 aliphatic carbocycles. The number of hydrogen-bond acceptors (Lipinski definition) is 3. The molecular formula is C15H21BrN2O2. The monoisotopic (exact) mass is 340 g/mol. The third kappa shape index (κ3) is 3.96. The van der Waals surface area contributed by atoms with E-state index >= 15 is 0 Å². The Hall–Kier alpha value is -1.07. The largest absolute Gasteiger partial charge is 0.494 e. The van der Waals surface area contributed by atoms with Gasteiger partial charge >= 0.3 is 0 Å². The normalized spacial score (nSPS) is 16.2. The zero-order valence-corrected chi connectivity index (χ0v) is 13.4. The van der Waals surface area contributed by atoms with Gasteiger partial charge in [0.2, 0.25) is 0 Å². The Morgan fingerprint density at radius 2 is 1.85 bits per heavy atom. The molecule has 4 nitrogen and oxygen atoms in total. The Morgan fingerprint density at radius 1 is 1.20 bits per heavy atom. The highest BCUT2D eigenvalue weighted by molar-refractivity contribution is 9.09. The fraction of sp³-hybridized carbons (Fsp3) is 0.533. The lowest BCUT2D eigenvalue weighted by Crippen LogP contribution is -2.49. The van der Waals surface area contributed by atoms with Crippen LogP contribution in [0.25, 0.3) is 0 Å². The van der Waals surface area contributed by atoms with E-state index in [2.05, 4.69) is 20.8 Å². The van der Waals surface area contributed by atoms with Crippen LogP contribution in [0, 0.1) is 0 Å². The van der Waals surface area contributed by atoms with Crippen LogP contribution in [0.2, 0.25) is 0 Å². The first-order chi connectivity index (χ1) is 9.74. The molecule has 1 amide bonds. The third-order valence-electron chi connectivity index (χ3n) is 3.47. The van der Waals surface area contributed by atoms with Crippen LogP contribution < -0.4 is 4.74 Å². The van der Waals surface area contributed by atoms with E-state index in [1.807, 2.05) is 36.1 Å². The molecule has 0 N–H and O–H groups in total. The molecule has 20 heavy (non-hydrogen) atoms. The van der Waals surface area contributed by atoms with Crippen LogP contribution in [0.5, 0.6) is 5.75 Å². The molecular weight excluding hydrogens is 320 g/mol. The summed E-state index contributed by atoms with van der Waals surface area (Å²) in [6.07, 6.45) is 0. The van der Waals surface area contributed by atoms with E-state index in [9.17, 15) is 4.79 Å². The molecule has 1 aliphatic rings. The molecule has 110 valence electrons. The van der Waals surface area contributed by atoms with Crippen molar-refractivity contribution in [2.24, 2.45) is 0 Å². The average molecular weight is 341 g/mol. The van der Waals surface area contributed by atoms with Crippen molar-refractivity contribution in [1.82, 2.24) is 9.80 Å². The fourth-order valence-corrected chi connectivity index (χ4v) is 2.84. The molecule has 1 fully saturated rings. The van der Waals surface area contributed by atoms with Gasteiger partial charge in [0.05, 0.1) is 6.61 Å². The summed E-state index contributed by atoms with van der Waals surface area (Å²) < 4.78 is 5.39. The minimum atomic E-state index is 0.117. The highest BCUT2D eigenvalue weighted by atomic mass is 79.9. The van der Waals surface area contributed by atoms with Crippen LogP contribution in [0.1, 0.15) is 17.3 Å². The Labute approximate surface area is 128 Å². The van der Waals surface area contributed by atoms with Gasteiger partial charge in [0, 0.05) is 43.6 Å². The molecule has 0 radical (unpaired) electrons. The van der Waals surface area contributed by atoms with Gasteiger partial charge in [-0.1, -0.05) is 15.9 Å². The lowest BCUT2D eigenvalue weighted by Gasteiger charge is -2.34. The van der Waals surface area contributed by atoms with Crippen molar-refractivity contribution in [3.63, 3.8) is 0 Å². The maximum absolute atomic E-state index is 12.4. The van der Waals surface area contributed by atoms with E-state index in [1.165, 1.54) is 0 Å². The van der Waals surface area contributed by atoms with Crippen LogP contribution in [0.4, 0.5) is 0 Å². The van der Waals surface area contributed by atoms with Crippen molar-refractivity contribution in [1.29, 1.82) is 0 Å². The van der Waals surface area contributed by atoms with Gasteiger partial charge in [0.15, 0.2) is 0 Å². The van der Waals surface area contributed by atoms with E-state index in [1.54, 1.807) is 0 Å². The fourth-order valence-electron chi connectivity index (χ4n) is 2.34. The predicted molar refractivity (Wildman–Crippen MR) is 83.7 cm³/mol. The summed E-state index contributed by atoms with van der Waals surface area (Å²) in [5, 5.41) is 0.986. The quantitative estimate of drug-likeness (QED) is 0.770. The first-order valence-corrected chi connectivity index (χ1v) is 8.17. The van der Waals surface area contributed by atoms with Gasteiger partial charge in [-0.05, 0) is 31.2 Å². The van der Waals surface area contributed by atoms with Crippen molar-refractivity contribution in [3.8, 4) is 5.75 Å². The number of carbonyl (C=O) groups is 1. The van der Waals surface area contributed by atoms with Crippen molar-refractivity contribution in [3.05, 3.63) is 29.8 Å². The second kappa shape index (κ2) is 7.64. The SMILES string of the molecule is CCOc1ccc(C(=O)N2CCN(CCBr)CC2)cc1. The van der Waals surface area contributed by atoms with Gasteiger partial charge in [0.25, 0.3) is 5.91 Å². The molecule has 0 saturated carbocycles. The molecule has 0 spiro atoms. The highest BCUT2D eigenvalue weighted by Crippen LogP contribution is 2.14. The molecule has 0 unspecified atom stereocenters. The molecule has 1 saturated heterocycles. The van der Waals surface area contributed by atoms with Crippen molar-refractivity contribution in [2.45, 2.75) is 6.92 Å². The maximum atomic E-state index is 12.4. The van der Waals surface area contributed by atoms with Crippen LogP contribution >= 0.6 is 15.9 Å². The van der Waals surface area contributed by atoms with E-state index in [-0.39, 0.29) is 5.91 Å². The first kappa shape index (κ1) is 15.3. The zero-order chi connectivity index (χ0) is 14.4. The lowest BCUT2D eigenvalue weighted by molar-refractivity contribution is 0.0645. The summed E-state index contributed by atoms with van der Waals surface area (Å²) in [5.41, 5.74) is 0.738.